The van der Waals surface area contributed by atoms with Gasteiger partial charge in [-0.1, -0.05) is 19.9 Å². The Labute approximate surface area is 245 Å². The SMILES string of the molecule is CC1(C)CCc2c(N3CCOCC3)nc3sc4c(N(CCN5CCOCC5)Cc5cccnc5)ncnc4c3c2C1. The summed E-state index contributed by atoms with van der Waals surface area (Å²) in [5.41, 5.74) is 5.33. The van der Waals surface area contributed by atoms with Crippen LogP contribution in [0, 0.1) is 5.41 Å². The molecule has 1 aliphatic carbocycles. The number of fused-ring (bicyclic) bond motifs is 5. The fourth-order valence-corrected chi connectivity index (χ4v) is 7.67. The third kappa shape index (κ3) is 5.50. The smallest absolute Gasteiger partial charge is 0.150 e. The summed E-state index contributed by atoms with van der Waals surface area (Å²) in [6.45, 7) is 14.2. The second-order valence-electron chi connectivity index (χ2n) is 12.2. The lowest BCUT2D eigenvalue weighted by Crippen LogP contribution is -2.41. The van der Waals surface area contributed by atoms with Crippen molar-refractivity contribution in [3.63, 3.8) is 0 Å². The van der Waals surface area contributed by atoms with Gasteiger partial charge < -0.3 is 19.3 Å². The number of morpholine rings is 2. The number of ether oxygens (including phenoxy) is 2. The van der Waals surface area contributed by atoms with Gasteiger partial charge in [-0.2, -0.15) is 0 Å². The number of thiophene rings is 1. The standard InChI is InChI=1S/C31H39N7O2S/c1-31(2)6-5-23-24(18-31)25-26-27(41-30(25)35-28(23)37-12-16-40-17-13-37)29(34-21-33-26)38(20-22-4-3-7-32-19-22)9-8-36-10-14-39-15-11-36/h3-4,7,19,21H,5-6,8-18,20H2,1-2H3. The highest BCUT2D eigenvalue weighted by Gasteiger charge is 2.33. The molecule has 9 nitrogen and oxygen atoms in total. The van der Waals surface area contributed by atoms with Crippen LogP contribution in [0.5, 0.6) is 0 Å². The molecule has 3 aliphatic rings. The Bertz CT molecular complexity index is 1510. The van der Waals surface area contributed by atoms with Crippen LogP contribution in [0.1, 0.15) is 37.0 Å². The zero-order chi connectivity index (χ0) is 27.8. The van der Waals surface area contributed by atoms with E-state index in [2.05, 4.69) is 39.6 Å². The largest absolute Gasteiger partial charge is 0.379 e. The molecule has 4 aromatic heterocycles. The fraction of sp³-hybridized carbons (Fsp3) is 0.548. The molecule has 0 amide bonds. The molecule has 10 heteroatoms. The molecule has 6 heterocycles. The van der Waals surface area contributed by atoms with E-state index in [1.807, 2.05) is 18.5 Å². The van der Waals surface area contributed by atoms with Gasteiger partial charge in [-0.05, 0) is 47.4 Å². The molecule has 0 bridgehead atoms. The Morgan fingerprint density at radius 2 is 1.83 bits per heavy atom. The fourth-order valence-electron chi connectivity index (χ4n) is 6.49. The summed E-state index contributed by atoms with van der Waals surface area (Å²) < 4.78 is 12.4. The maximum atomic E-state index is 5.69. The number of pyridine rings is 2. The van der Waals surface area contributed by atoms with Gasteiger partial charge in [0.05, 0.1) is 36.6 Å². The van der Waals surface area contributed by atoms with Crippen LogP contribution in [-0.4, -0.2) is 90.5 Å². The first-order valence-corrected chi connectivity index (χ1v) is 15.7. The lowest BCUT2D eigenvalue weighted by molar-refractivity contribution is 0.0391. The van der Waals surface area contributed by atoms with Gasteiger partial charge in [-0.15, -0.1) is 11.3 Å². The van der Waals surface area contributed by atoms with E-state index in [4.69, 9.17) is 24.4 Å². The molecule has 0 spiro atoms. The zero-order valence-corrected chi connectivity index (χ0v) is 25.0. The monoisotopic (exact) mass is 573 g/mol. The van der Waals surface area contributed by atoms with Gasteiger partial charge in [-0.25, -0.2) is 15.0 Å². The highest BCUT2D eigenvalue weighted by atomic mass is 32.1. The Balaban J connectivity index is 1.34. The van der Waals surface area contributed by atoms with Crippen molar-refractivity contribution >= 4 is 43.4 Å². The molecule has 0 atom stereocenters. The molecule has 2 saturated heterocycles. The van der Waals surface area contributed by atoms with Gasteiger partial charge in [0.2, 0.25) is 0 Å². The topological polar surface area (TPSA) is 79.7 Å². The summed E-state index contributed by atoms with van der Waals surface area (Å²) in [5.74, 6) is 2.15. The molecule has 2 fully saturated rings. The number of rotatable bonds is 7. The maximum absolute atomic E-state index is 5.69. The lowest BCUT2D eigenvalue weighted by atomic mass is 9.73. The van der Waals surface area contributed by atoms with E-state index < -0.39 is 0 Å². The summed E-state index contributed by atoms with van der Waals surface area (Å²) >= 11 is 1.75. The Kier molecular flexibility index (Phi) is 7.49. The molecule has 0 aromatic carbocycles. The van der Waals surface area contributed by atoms with E-state index in [0.717, 1.165) is 112 Å². The van der Waals surface area contributed by atoms with Crippen LogP contribution in [0.3, 0.4) is 0 Å². The van der Waals surface area contributed by atoms with Crippen molar-refractivity contribution in [1.29, 1.82) is 0 Å². The first-order chi connectivity index (χ1) is 20.1. The summed E-state index contributed by atoms with van der Waals surface area (Å²) in [4.78, 5) is 28.0. The van der Waals surface area contributed by atoms with Crippen LogP contribution < -0.4 is 9.80 Å². The van der Waals surface area contributed by atoms with E-state index in [9.17, 15) is 0 Å². The van der Waals surface area contributed by atoms with Gasteiger partial charge in [0.15, 0.2) is 0 Å². The average Bonchev–Trinajstić information content (AvgIpc) is 3.39. The molecule has 41 heavy (non-hydrogen) atoms. The minimum atomic E-state index is 0.248. The van der Waals surface area contributed by atoms with Gasteiger partial charge in [0.1, 0.15) is 22.8 Å². The third-order valence-corrected chi connectivity index (χ3v) is 9.85. The molecular weight excluding hydrogens is 534 g/mol. The first kappa shape index (κ1) is 26.9. The van der Waals surface area contributed by atoms with Crippen LogP contribution in [0.25, 0.3) is 20.4 Å². The number of anilines is 2. The van der Waals surface area contributed by atoms with Crippen LogP contribution in [0.2, 0.25) is 0 Å². The average molecular weight is 574 g/mol. The highest BCUT2D eigenvalue weighted by Crippen LogP contribution is 2.46. The molecule has 216 valence electrons. The summed E-state index contributed by atoms with van der Waals surface area (Å²) in [5, 5.41) is 1.24. The van der Waals surface area contributed by atoms with E-state index >= 15 is 0 Å². The number of nitrogens with zero attached hydrogens (tertiary/aromatic N) is 7. The van der Waals surface area contributed by atoms with Crippen molar-refractivity contribution in [3.8, 4) is 0 Å². The van der Waals surface area contributed by atoms with Crippen LogP contribution in [0.15, 0.2) is 30.9 Å². The first-order valence-electron chi connectivity index (χ1n) is 14.9. The highest BCUT2D eigenvalue weighted by molar-refractivity contribution is 7.26. The van der Waals surface area contributed by atoms with Crippen molar-refractivity contribution in [2.75, 3.05) is 75.5 Å². The Hall–Kier alpha value is -2.92. The predicted molar refractivity (Wildman–Crippen MR) is 164 cm³/mol. The minimum absolute atomic E-state index is 0.248. The third-order valence-electron chi connectivity index (χ3n) is 8.78. The molecule has 7 rings (SSSR count). The summed E-state index contributed by atoms with van der Waals surface area (Å²) in [6.07, 6.45) is 8.82. The number of aromatic nitrogens is 4. The molecule has 0 saturated carbocycles. The second-order valence-corrected chi connectivity index (χ2v) is 13.2. The molecule has 0 N–H and O–H groups in total. The van der Waals surface area contributed by atoms with Gasteiger partial charge in [0.25, 0.3) is 0 Å². The Morgan fingerprint density at radius 1 is 1.02 bits per heavy atom. The summed E-state index contributed by atoms with van der Waals surface area (Å²) in [7, 11) is 0. The summed E-state index contributed by atoms with van der Waals surface area (Å²) in [6, 6.07) is 4.16. The molecular formula is C31H39N7O2S. The second kappa shape index (κ2) is 11.4. The van der Waals surface area contributed by atoms with Crippen LogP contribution in [-0.2, 0) is 28.9 Å². The van der Waals surface area contributed by atoms with Gasteiger partial charge in [-0.3, -0.25) is 9.88 Å². The molecule has 0 radical (unpaired) electrons. The van der Waals surface area contributed by atoms with Gasteiger partial charge >= 0.3 is 0 Å². The predicted octanol–water partition coefficient (Wildman–Crippen LogP) is 4.32. The van der Waals surface area contributed by atoms with Crippen molar-refractivity contribution in [2.45, 2.75) is 39.7 Å². The van der Waals surface area contributed by atoms with Crippen LogP contribution in [0.4, 0.5) is 11.6 Å². The van der Waals surface area contributed by atoms with Crippen molar-refractivity contribution in [1.82, 2.24) is 24.8 Å². The quantitative estimate of drug-likeness (QED) is 0.321. The molecule has 4 aromatic rings. The van der Waals surface area contributed by atoms with E-state index in [0.29, 0.717) is 0 Å². The molecule has 0 unspecified atom stereocenters. The lowest BCUT2D eigenvalue weighted by Gasteiger charge is -2.36. The van der Waals surface area contributed by atoms with Crippen molar-refractivity contribution in [2.24, 2.45) is 5.41 Å². The van der Waals surface area contributed by atoms with E-state index in [-0.39, 0.29) is 5.41 Å². The maximum Gasteiger partial charge on any atom is 0.150 e. The Morgan fingerprint density at radius 3 is 2.61 bits per heavy atom. The van der Waals surface area contributed by atoms with Crippen LogP contribution >= 0.6 is 11.3 Å². The molecule has 2 aliphatic heterocycles. The number of hydrogen-bond acceptors (Lipinski definition) is 10. The zero-order valence-electron chi connectivity index (χ0n) is 24.1. The number of hydrogen-bond donors (Lipinski definition) is 0. The van der Waals surface area contributed by atoms with Crippen molar-refractivity contribution in [3.05, 3.63) is 47.5 Å². The normalized spacial score (nSPS) is 19.5. The van der Waals surface area contributed by atoms with E-state index in [1.54, 1.807) is 17.7 Å². The van der Waals surface area contributed by atoms with Crippen molar-refractivity contribution < 1.29 is 9.47 Å². The van der Waals surface area contributed by atoms with Gasteiger partial charge in [0, 0.05) is 63.6 Å². The minimum Gasteiger partial charge on any atom is -0.379 e. The van der Waals surface area contributed by atoms with E-state index in [1.165, 1.54) is 28.5 Å².